The van der Waals surface area contributed by atoms with Crippen LogP contribution in [0.2, 0.25) is 0 Å². The summed E-state index contributed by atoms with van der Waals surface area (Å²) in [5.41, 5.74) is 7.26. The molecule has 0 saturated carbocycles. The van der Waals surface area contributed by atoms with E-state index in [9.17, 15) is 4.39 Å². The molecule has 0 atom stereocenters. The zero-order valence-electron chi connectivity index (χ0n) is 9.24. The van der Waals surface area contributed by atoms with Gasteiger partial charge in [-0.25, -0.2) is 16.5 Å². The summed E-state index contributed by atoms with van der Waals surface area (Å²) in [6.45, 7) is 9.00. The van der Waals surface area contributed by atoms with Crippen molar-refractivity contribution in [3.8, 4) is 0 Å². The predicted molar refractivity (Wildman–Crippen MR) is 60.3 cm³/mol. The van der Waals surface area contributed by atoms with Crippen LogP contribution in [0.4, 0.5) is 10.1 Å². The quantitative estimate of drug-likeness (QED) is 0.401. The van der Waals surface area contributed by atoms with Gasteiger partial charge in [-0.15, -0.1) is 5.69 Å². The van der Waals surface area contributed by atoms with Gasteiger partial charge >= 0.3 is 39.7 Å². The van der Waals surface area contributed by atoms with E-state index in [0.29, 0.717) is 5.69 Å². The summed E-state index contributed by atoms with van der Waals surface area (Å²) < 4.78 is 27.0. The number of hydrogen-bond donors (Lipinski definition) is 0. The molecule has 0 spiro atoms. The third-order valence-corrected chi connectivity index (χ3v) is 1.40. The summed E-state index contributed by atoms with van der Waals surface area (Å²) in [7, 11) is 0. The maximum Gasteiger partial charge on any atom is 2.00 e. The third kappa shape index (κ3) is 14.3. The fraction of sp³-hybridized carbons (Fsp3) is 0. The van der Waals surface area contributed by atoms with Crippen LogP contribution in [-0.4, -0.2) is 0 Å². The summed E-state index contributed by atoms with van der Waals surface area (Å²) in [5.74, 6) is -0.291. The topological polar surface area (TPSA) is 63.6 Å². The van der Waals surface area contributed by atoms with Gasteiger partial charge in [0, 0.05) is 0 Å². The molecule has 0 aliphatic carbocycles. The first-order valence-corrected chi connectivity index (χ1v) is 4.34. The molecular weight excluding hydrogens is 277 g/mol. The van der Waals surface area contributed by atoms with Crippen LogP contribution in [0.25, 0.3) is 5.73 Å². The maximum absolute atomic E-state index is 12.0. The Labute approximate surface area is 116 Å². The van der Waals surface area contributed by atoms with Gasteiger partial charge in [0.2, 0.25) is 0 Å². The van der Waals surface area contributed by atoms with Crippen LogP contribution in [0.5, 0.6) is 0 Å². The van der Waals surface area contributed by atoms with Crippen molar-refractivity contribution < 1.29 is 30.8 Å². The van der Waals surface area contributed by atoms with E-state index in [-0.39, 0.29) is 22.9 Å². The molecular formula is C13H10FFeNO2. The fourth-order valence-electron chi connectivity index (χ4n) is 0.771. The van der Waals surface area contributed by atoms with Gasteiger partial charge < -0.3 is 5.73 Å². The second-order valence-electron chi connectivity index (χ2n) is 2.47. The van der Waals surface area contributed by atoms with Crippen molar-refractivity contribution in [2.75, 3.05) is 0 Å². The Morgan fingerprint density at radius 3 is 1.56 bits per heavy atom. The van der Waals surface area contributed by atoms with E-state index in [1.165, 1.54) is 24.3 Å². The van der Waals surface area contributed by atoms with Crippen molar-refractivity contribution in [1.29, 1.82) is 0 Å². The van der Waals surface area contributed by atoms with E-state index in [2.05, 4.69) is 13.3 Å². The van der Waals surface area contributed by atoms with Crippen LogP contribution in [0.15, 0.2) is 54.6 Å². The van der Waals surface area contributed by atoms with E-state index in [0.717, 1.165) is 0 Å². The van der Waals surface area contributed by atoms with Crippen molar-refractivity contribution in [1.82, 2.24) is 0 Å². The third-order valence-electron chi connectivity index (χ3n) is 1.40. The van der Waals surface area contributed by atoms with E-state index in [1.54, 1.807) is 0 Å². The number of halogens is 1. The smallest absolute Gasteiger partial charge is 0.699 e. The van der Waals surface area contributed by atoms with Crippen molar-refractivity contribution in [2.45, 2.75) is 0 Å². The Morgan fingerprint density at radius 2 is 1.33 bits per heavy atom. The SMILES string of the molecule is [C-]#[O+].[C-]#[O+].[Fe+2].[NH-]c1ccc(F)cc1.c1cc[cH-]c1. The number of nitrogens with one attached hydrogen (secondary N) is 1. The fourth-order valence-corrected chi connectivity index (χ4v) is 0.771. The van der Waals surface area contributed by atoms with E-state index in [4.69, 9.17) is 15.0 Å². The monoisotopic (exact) mass is 287 g/mol. The Hall–Kier alpha value is -1.70. The van der Waals surface area contributed by atoms with E-state index < -0.39 is 0 Å². The molecule has 2 aromatic carbocycles. The van der Waals surface area contributed by atoms with Crippen LogP contribution in [0, 0.1) is 19.1 Å². The summed E-state index contributed by atoms with van der Waals surface area (Å²) in [6.07, 6.45) is 0. The van der Waals surface area contributed by atoms with E-state index in [1.807, 2.05) is 30.3 Å². The first kappa shape index (κ1) is 21.6. The zero-order chi connectivity index (χ0) is 13.5. The second kappa shape index (κ2) is 17.7. The summed E-state index contributed by atoms with van der Waals surface area (Å²) in [6, 6.07) is 15.4. The van der Waals surface area contributed by atoms with Gasteiger partial charge in [0.15, 0.2) is 0 Å². The van der Waals surface area contributed by atoms with Gasteiger partial charge in [-0.1, -0.05) is 12.1 Å². The number of benzene rings is 1. The zero-order valence-corrected chi connectivity index (χ0v) is 10.3. The average molecular weight is 287 g/mol. The first-order chi connectivity index (χ1) is 8.29. The minimum Gasteiger partial charge on any atom is -0.699 e. The molecule has 0 heterocycles. The van der Waals surface area contributed by atoms with Crippen molar-refractivity contribution in [3.05, 3.63) is 79.4 Å². The molecule has 0 amide bonds. The first-order valence-electron chi connectivity index (χ1n) is 4.34. The largest absolute Gasteiger partial charge is 2.00 e. The average Bonchev–Trinajstić information content (AvgIpc) is 2.97. The minimum absolute atomic E-state index is 0. The van der Waals surface area contributed by atoms with Crippen molar-refractivity contribution >= 4 is 5.69 Å². The van der Waals surface area contributed by atoms with Gasteiger partial charge in [0.1, 0.15) is 5.82 Å². The standard InChI is InChI=1S/C6H5FN.C5H5.2CO.Fe/c7-5-1-3-6(8)4-2-5;1-2-4-5-3-1;2*1-2;/h1-4,8H;1-5H;;;/q2*-1;;;+2. The molecule has 5 heteroatoms. The van der Waals surface area contributed by atoms with Crippen LogP contribution >= 0.6 is 0 Å². The molecule has 0 aromatic heterocycles. The molecule has 0 aliphatic rings. The summed E-state index contributed by atoms with van der Waals surface area (Å²) in [4.78, 5) is 0. The molecule has 2 aromatic rings. The molecule has 0 radical (unpaired) electrons. The van der Waals surface area contributed by atoms with Gasteiger partial charge in [0.25, 0.3) is 0 Å². The molecule has 0 bridgehead atoms. The Morgan fingerprint density at radius 1 is 0.944 bits per heavy atom. The minimum atomic E-state index is -0.291. The molecule has 0 aliphatic heterocycles. The predicted octanol–water partition coefficient (Wildman–Crippen LogP) is 3.84. The van der Waals surface area contributed by atoms with Crippen molar-refractivity contribution in [2.24, 2.45) is 0 Å². The molecule has 1 N–H and O–H groups in total. The Kier molecular flexibility index (Phi) is 21.2. The van der Waals surface area contributed by atoms with Crippen LogP contribution in [-0.2, 0) is 26.4 Å². The molecule has 94 valence electrons. The summed E-state index contributed by atoms with van der Waals surface area (Å²) >= 11 is 0. The van der Waals surface area contributed by atoms with Gasteiger partial charge in [-0.05, 0) is 12.1 Å². The Bertz CT molecular complexity index is 352. The number of hydrogen-bond acceptors (Lipinski definition) is 0. The van der Waals surface area contributed by atoms with Crippen LogP contribution < -0.4 is 0 Å². The molecule has 3 nitrogen and oxygen atoms in total. The Balaban J connectivity index is -0.000000196. The molecule has 0 unspecified atom stereocenters. The summed E-state index contributed by atoms with van der Waals surface area (Å²) in [5, 5.41) is 0. The van der Waals surface area contributed by atoms with E-state index >= 15 is 0 Å². The van der Waals surface area contributed by atoms with Gasteiger partial charge in [-0.3, -0.25) is 0 Å². The second-order valence-corrected chi connectivity index (χ2v) is 2.47. The van der Waals surface area contributed by atoms with Gasteiger partial charge in [0.05, 0.1) is 0 Å². The molecule has 2 rings (SSSR count). The molecule has 0 saturated heterocycles. The van der Waals surface area contributed by atoms with Crippen LogP contribution in [0.3, 0.4) is 0 Å². The molecule has 18 heavy (non-hydrogen) atoms. The van der Waals surface area contributed by atoms with Crippen molar-refractivity contribution in [3.63, 3.8) is 0 Å². The molecule has 0 fully saturated rings. The maximum atomic E-state index is 12.0. The van der Waals surface area contributed by atoms with Gasteiger partial charge in [-0.2, -0.15) is 18.2 Å². The number of rotatable bonds is 0. The normalized spacial score (nSPS) is 6.50. The van der Waals surface area contributed by atoms with Crippen LogP contribution in [0.1, 0.15) is 0 Å².